The Morgan fingerprint density at radius 1 is 1.37 bits per heavy atom. The van der Waals surface area contributed by atoms with Gasteiger partial charge in [0.2, 0.25) is 0 Å². The molecule has 0 bridgehead atoms. The van der Waals surface area contributed by atoms with Crippen molar-refractivity contribution >= 4 is 0 Å². The van der Waals surface area contributed by atoms with Crippen molar-refractivity contribution in [3.8, 4) is 0 Å². The molecule has 1 aliphatic heterocycles. The van der Waals surface area contributed by atoms with E-state index in [0.29, 0.717) is 0 Å². The molecule has 4 nitrogen and oxygen atoms in total. The van der Waals surface area contributed by atoms with Crippen LogP contribution >= 0.6 is 0 Å². The number of fused-ring (bicyclic) bond motifs is 1. The fourth-order valence-corrected chi connectivity index (χ4v) is 2.50. The lowest BCUT2D eigenvalue weighted by Crippen LogP contribution is -2.38. The van der Waals surface area contributed by atoms with Crippen molar-refractivity contribution in [3.05, 3.63) is 53.9 Å². The van der Waals surface area contributed by atoms with Crippen LogP contribution in [-0.2, 0) is 13.1 Å². The normalized spacial score (nSPS) is 17.2. The van der Waals surface area contributed by atoms with Crippen LogP contribution in [0.3, 0.4) is 0 Å². The van der Waals surface area contributed by atoms with E-state index in [9.17, 15) is 4.39 Å². The van der Waals surface area contributed by atoms with Crippen molar-refractivity contribution in [2.45, 2.75) is 19.1 Å². The van der Waals surface area contributed by atoms with Gasteiger partial charge in [-0.15, -0.1) is 0 Å². The summed E-state index contributed by atoms with van der Waals surface area (Å²) in [6, 6.07) is 6.35. The summed E-state index contributed by atoms with van der Waals surface area (Å²) in [6.07, 6.45) is 3.82. The minimum Gasteiger partial charge on any atom is -0.333 e. The smallest absolute Gasteiger partial charge is 0.123 e. The molecule has 2 heterocycles. The zero-order valence-electron chi connectivity index (χ0n) is 10.7. The van der Waals surface area contributed by atoms with Crippen molar-refractivity contribution in [2.75, 3.05) is 13.1 Å². The maximum atomic E-state index is 13.2. The van der Waals surface area contributed by atoms with Crippen LogP contribution in [0, 0.1) is 5.82 Å². The fraction of sp³-hybridized carbons (Fsp3) is 0.357. The summed E-state index contributed by atoms with van der Waals surface area (Å²) in [5.74, 6) is 0.833. The van der Waals surface area contributed by atoms with Gasteiger partial charge in [-0.3, -0.25) is 4.90 Å². The number of halogens is 1. The zero-order chi connectivity index (χ0) is 13.2. The molecule has 0 saturated carbocycles. The van der Waals surface area contributed by atoms with Gasteiger partial charge < -0.3 is 10.3 Å². The predicted molar refractivity (Wildman–Crippen MR) is 70.8 cm³/mol. The first kappa shape index (κ1) is 12.3. The van der Waals surface area contributed by atoms with Crippen LogP contribution in [0.15, 0.2) is 36.7 Å². The molecule has 3 rings (SSSR count). The second-order valence-corrected chi connectivity index (χ2v) is 4.93. The fourth-order valence-electron chi connectivity index (χ4n) is 2.50. The summed E-state index contributed by atoms with van der Waals surface area (Å²) in [4.78, 5) is 6.58. The molecule has 0 amide bonds. The molecule has 1 aliphatic rings. The summed E-state index contributed by atoms with van der Waals surface area (Å²) in [6.45, 7) is 3.41. The number of benzene rings is 1. The van der Waals surface area contributed by atoms with E-state index >= 15 is 0 Å². The summed E-state index contributed by atoms with van der Waals surface area (Å²) >= 11 is 0. The number of hydrogen-bond donors (Lipinski definition) is 1. The molecule has 0 aliphatic carbocycles. The Kier molecular flexibility index (Phi) is 3.31. The summed E-state index contributed by atoms with van der Waals surface area (Å²) < 4.78 is 15.3. The van der Waals surface area contributed by atoms with Gasteiger partial charge in [-0.05, 0) is 17.7 Å². The monoisotopic (exact) mass is 260 g/mol. The third-order valence-corrected chi connectivity index (χ3v) is 3.56. The Bertz CT molecular complexity index is 566. The maximum Gasteiger partial charge on any atom is 0.123 e. The van der Waals surface area contributed by atoms with Crippen LogP contribution in [-0.4, -0.2) is 27.5 Å². The lowest BCUT2D eigenvalue weighted by molar-refractivity contribution is 0.205. The first-order chi connectivity index (χ1) is 9.22. The Labute approximate surface area is 111 Å². The molecule has 0 spiro atoms. The average Bonchev–Trinajstić information content (AvgIpc) is 2.86. The number of imidazole rings is 1. The molecular formula is C14H17FN4. The molecule has 0 saturated heterocycles. The Hall–Kier alpha value is -1.72. The Morgan fingerprint density at radius 3 is 3.11 bits per heavy atom. The SMILES string of the molecule is NC(CN1CCn2ccnc2C1)c1cccc(F)c1. The minimum absolute atomic E-state index is 0.169. The van der Waals surface area contributed by atoms with E-state index in [1.807, 2.05) is 18.5 Å². The zero-order valence-corrected chi connectivity index (χ0v) is 10.7. The quantitative estimate of drug-likeness (QED) is 0.910. The molecule has 1 atom stereocenters. The topological polar surface area (TPSA) is 47.1 Å². The van der Waals surface area contributed by atoms with Gasteiger partial charge in [0, 0.05) is 38.1 Å². The van der Waals surface area contributed by atoms with E-state index < -0.39 is 0 Å². The van der Waals surface area contributed by atoms with Gasteiger partial charge in [-0.25, -0.2) is 9.37 Å². The second-order valence-electron chi connectivity index (χ2n) is 4.93. The van der Waals surface area contributed by atoms with Gasteiger partial charge >= 0.3 is 0 Å². The Balaban J connectivity index is 1.66. The lowest BCUT2D eigenvalue weighted by Gasteiger charge is -2.29. The minimum atomic E-state index is -0.234. The number of hydrogen-bond acceptors (Lipinski definition) is 3. The van der Waals surface area contributed by atoms with Crippen LogP contribution in [0.2, 0.25) is 0 Å². The van der Waals surface area contributed by atoms with Crippen molar-refractivity contribution in [2.24, 2.45) is 5.73 Å². The molecule has 2 N–H and O–H groups in total. The van der Waals surface area contributed by atoms with Crippen LogP contribution in [0.1, 0.15) is 17.4 Å². The molecule has 2 aromatic rings. The van der Waals surface area contributed by atoms with Gasteiger partial charge in [0.25, 0.3) is 0 Å². The first-order valence-corrected chi connectivity index (χ1v) is 6.46. The number of nitrogens with two attached hydrogens (primary N) is 1. The number of nitrogens with zero attached hydrogens (tertiary/aromatic N) is 3. The highest BCUT2D eigenvalue weighted by Crippen LogP contribution is 2.16. The summed E-state index contributed by atoms with van der Waals surface area (Å²) in [7, 11) is 0. The van der Waals surface area contributed by atoms with E-state index in [4.69, 9.17) is 5.73 Å². The second kappa shape index (κ2) is 5.11. The molecule has 5 heteroatoms. The standard InChI is InChI=1S/C14H17FN4/c15-12-3-1-2-11(8-12)13(16)9-18-6-7-19-5-4-17-14(19)10-18/h1-5,8,13H,6-7,9-10,16H2. The van der Waals surface area contributed by atoms with E-state index in [1.165, 1.54) is 12.1 Å². The van der Waals surface area contributed by atoms with Gasteiger partial charge in [-0.1, -0.05) is 12.1 Å². The summed E-state index contributed by atoms with van der Waals surface area (Å²) in [5, 5.41) is 0. The van der Waals surface area contributed by atoms with Crippen LogP contribution < -0.4 is 5.73 Å². The van der Waals surface area contributed by atoms with Crippen LogP contribution in [0.5, 0.6) is 0 Å². The molecule has 0 radical (unpaired) electrons. The molecule has 1 aromatic carbocycles. The highest BCUT2D eigenvalue weighted by molar-refractivity contribution is 5.20. The van der Waals surface area contributed by atoms with E-state index in [0.717, 1.165) is 37.6 Å². The van der Waals surface area contributed by atoms with E-state index in [1.54, 1.807) is 6.07 Å². The number of aromatic nitrogens is 2. The third kappa shape index (κ3) is 2.67. The van der Waals surface area contributed by atoms with Gasteiger partial charge in [0.15, 0.2) is 0 Å². The van der Waals surface area contributed by atoms with Gasteiger partial charge in [0.1, 0.15) is 11.6 Å². The van der Waals surface area contributed by atoms with Crippen molar-refractivity contribution in [1.82, 2.24) is 14.5 Å². The van der Waals surface area contributed by atoms with Crippen LogP contribution in [0.25, 0.3) is 0 Å². The largest absolute Gasteiger partial charge is 0.333 e. The molecule has 19 heavy (non-hydrogen) atoms. The summed E-state index contributed by atoms with van der Waals surface area (Å²) in [5.41, 5.74) is 7.00. The molecule has 100 valence electrons. The highest BCUT2D eigenvalue weighted by Gasteiger charge is 2.19. The van der Waals surface area contributed by atoms with E-state index in [2.05, 4.69) is 14.5 Å². The van der Waals surface area contributed by atoms with Gasteiger partial charge in [0.05, 0.1) is 6.54 Å². The van der Waals surface area contributed by atoms with Crippen molar-refractivity contribution in [1.29, 1.82) is 0 Å². The van der Waals surface area contributed by atoms with Crippen molar-refractivity contribution < 1.29 is 4.39 Å². The van der Waals surface area contributed by atoms with Gasteiger partial charge in [-0.2, -0.15) is 0 Å². The predicted octanol–water partition coefficient (Wildman–Crippen LogP) is 1.54. The van der Waals surface area contributed by atoms with Crippen LogP contribution in [0.4, 0.5) is 4.39 Å². The Morgan fingerprint density at radius 2 is 2.26 bits per heavy atom. The molecule has 1 aromatic heterocycles. The molecule has 0 fully saturated rings. The van der Waals surface area contributed by atoms with E-state index in [-0.39, 0.29) is 11.9 Å². The first-order valence-electron chi connectivity index (χ1n) is 6.46. The highest BCUT2D eigenvalue weighted by atomic mass is 19.1. The average molecular weight is 260 g/mol. The molecular weight excluding hydrogens is 243 g/mol. The molecule has 1 unspecified atom stereocenters. The number of rotatable bonds is 3. The third-order valence-electron chi connectivity index (χ3n) is 3.56. The lowest BCUT2D eigenvalue weighted by atomic mass is 10.1. The maximum absolute atomic E-state index is 13.2. The van der Waals surface area contributed by atoms with Crippen molar-refractivity contribution in [3.63, 3.8) is 0 Å².